The minimum Gasteiger partial charge on any atom is -0.479 e. The molecule has 3 rings (SSSR count). The molecule has 2 aromatic carbocycles. The summed E-state index contributed by atoms with van der Waals surface area (Å²) in [5.41, 5.74) is -2.65. The van der Waals surface area contributed by atoms with Crippen LogP contribution in [-0.4, -0.2) is 75.8 Å². The summed E-state index contributed by atoms with van der Waals surface area (Å²) < 4.78 is 29.2. The minimum absolute atomic E-state index is 0.0556. The lowest BCUT2D eigenvalue weighted by Gasteiger charge is -2.40. The molecule has 2 aromatic rings. The number of rotatable bonds is 13. The van der Waals surface area contributed by atoms with Crippen LogP contribution in [0.3, 0.4) is 0 Å². The molecular weight excluding hydrogens is 625 g/mol. The Hall–Kier alpha value is -3.33. The summed E-state index contributed by atoms with van der Waals surface area (Å²) in [5.74, 6) is -8.30. The van der Waals surface area contributed by atoms with Crippen molar-refractivity contribution in [1.82, 2.24) is 0 Å². The molecule has 46 heavy (non-hydrogen) atoms. The highest BCUT2D eigenvalue weighted by Crippen LogP contribution is 2.50. The molecule has 1 saturated heterocycles. The standard InChI is InChI=1S/C34H48O10Si2/c1-32(2,3)33(29(37)42-26(24-16-12-10-13-17-24)25-18-14-11-15-19-25)27(28(35)36)43-34(44-33,30(38)40-20-22-45(4,5)6)31(39)41-21-23-46(7,8)9/h10-19,26-27H,20-23H2,1-9H3,(H,35,36)/t27-,33+/m1/s1. The van der Waals surface area contributed by atoms with Crippen molar-refractivity contribution in [2.45, 2.75) is 95.7 Å². The molecule has 0 aromatic heterocycles. The van der Waals surface area contributed by atoms with Gasteiger partial charge in [-0.3, -0.25) is 0 Å². The van der Waals surface area contributed by atoms with Gasteiger partial charge in [0, 0.05) is 21.6 Å². The molecule has 0 bridgehead atoms. The van der Waals surface area contributed by atoms with Gasteiger partial charge in [-0.25, -0.2) is 19.2 Å². The van der Waals surface area contributed by atoms with Crippen molar-refractivity contribution in [3.05, 3.63) is 71.8 Å². The summed E-state index contributed by atoms with van der Waals surface area (Å²) in [6.45, 7) is 17.1. The van der Waals surface area contributed by atoms with E-state index in [-0.39, 0.29) is 13.2 Å². The molecule has 1 aliphatic heterocycles. The normalized spacial score (nSPS) is 19.8. The maximum Gasteiger partial charge on any atom is 0.379 e. The highest BCUT2D eigenvalue weighted by atomic mass is 28.3. The van der Waals surface area contributed by atoms with Gasteiger partial charge in [-0.15, -0.1) is 0 Å². The summed E-state index contributed by atoms with van der Waals surface area (Å²) in [4.78, 5) is 55.1. The molecule has 1 aliphatic rings. The second kappa shape index (κ2) is 14.2. The van der Waals surface area contributed by atoms with Crippen molar-refractivity contribution >= 4 is 40.0 Å². The fourth-order valence-corrected chi connectivity index (χ4v) is 6.34. The first-order chi connectivity index (χ1) is 21.2. The number of hydrogen-bond acceptors (Lipinski definition) is 9. The van der Waals surface area contributed by atoms with E-state index in [2.05, 4.69) is 39.3 Å². The van der Waals surface area contributed by atoms with Crippen LogP contribution < -0.4 is 0 Å². The third-order valence-electron chi connectivity index (χ3n) is 7.74. The first-order valence-electron chi connectivity index (χ1n) is 15.5. The van der Waals surface area contributed by atoms with Gasteiger partial charge in [0.2, 0.25) is 5.60 Å². The Labute approximate surface area is 273 Å². The van der Waals surface area contributed by atoms with Crippen molar-refractivity contribution < 1.29 is 48.0 Å². The van der Waals surface area contributed by atoms with E-state index >= 15 is 0 Å². The Morgan fingerprint density at radius 2 is 1.17 bits per heavy atom. The fraction of sp³-hybridized carbons (Fsp3) is 0.529. The van der Waals surface area contributed by atoms with E-state index in [4.69, 9.17) is 23.7 Å². The van der Waals surface area contributed by atoms with Gasteiger partial charge in [0.15, 0.2) is 12.2 Å². The molecule has 252 valence electrons. The number of carboxylic acid groups (broad SMARTS) is 1. The Balaban J connectivity index is 2.13. The Kier molecular flexibility index (Phi) is 11.5. The fourth-order valence-electron chi connectivity index (χ4n) is 4.91. The zero-order chi connectivity index (χ0) is 34.6. The van der Waals surface area contributed by atoms with Crippen LogP contribution in [0.2, 0.25) is 51.4 Å². The van der Waals surface area contributed by atoms with E-state index in [0.717, 1.165) is 0 Å². The molecule has 0 unspecified atom stereocenters. The summed E-state index contributed by atoms with van der Waals surface area (Å²) in [6.07, 6.45) is -3.11. The van der Waals surface area contributed by atoms with Crippen LogP contribution in [0, 0.1) is 5.41 Å². The van der Waals surface area contributed by atoms with Gasteiger partial charge in [-0.2, -0.15) is 0 Å². The van der Waals surface area contributed by atoms with Crippen LogP contribution in [0.25, 0.3) is 0 Å². The number of benzene rings is 2. The SMILES string of the molecule is CC(C)(C)[C@]1(C(=O)OC(c2ccccc2)c2ccccc2)OC(C(=O)OCC[Si](C)(C)C)(C(=O)OCC[Si](C)(C)C)O[C@@H]1C(=O)O. The molecule has 0 saturated carbocycles. The third kappa shape index (κ3) is 8.52. The molecule has 12 heteroatoms. The average molecular weight is 673 g/mol. The van der Waals surface area contributed by atoms with Crippen molar-refractivity contribution in [3.8, 4) is 0 Å². The Bertz CT molecular complexity index is 1310. The smallest absolute Gasteiger partial charge is 0.379 e. The van der Waals surface area contributed by atoms with Gasteiger partial charge in [-0.05, 0) is 23.2 Å². The second-order valence-corrected chi connectivity index (χ2v) is 26.3. The van der Waals surface area contributed by atoms with Crippen molar-refractivity contribution in [2.24, 2.45) is 5.41 Å². The van der Waals surface area contributed by atoms with Crippen LogP contribution in [0.5, 0.6) is 0 Å². The summed E-state index contributed by atoms with van der Waals surface area (Å²) in [7, 11) is -3.37. The van der Waals surface area contributed by atoms with Crippen molar-refractivity contribution in [1.29, 1.82) is 0 Å². The molecule has 1 fully saturated rings. The van der Waals surface area contributed by atoms with Gasteiger partial charge in [0.05, 0.1) is 13.2 Å². The number of hydrogen-bond donors (Lipinski definition) is 1. The number of aliphatic carboxylic acids is 1. The van der Waals surface area contributed by atoms with Crippen molar-refractivity contribution in [2.75, 3.05) is 13.2 Å². The largest absolute Gasteiger partial charge is 0.479 e. The van der Waals surface area contributed by atoms with Gasteiger partial charge in [0.25, 0.3) is 0 Å². The first-order valence-corrected chi connectivity index (χ1v) is 22.9. The minimum atomic E-state index is -2.98. The molecule has 0 spiro atoms. The van der Waals surface area contributed by atoms with Crippen LogP contribution in [-0.2, 0) is 42.9 Å². The number of esters is 3. The molecule has 1 N–H and O–H groups in total. The predicted molar refractivity (Wildman–Crippen MR) is 178 cm³/mol. The summed E-state index contributed by atoms with van der Waals surface area (Å²) in [5, 5.41) is 10.5. The second-order valence-electron chi connectivity index (χ2n) is 15.0. The highest BCUT2D eigenvalue weighted by molar-refractivity contribution is 6.76. The van der Waals surface area contributed by atoms with E-state index in [9.17, 15) is 24.3 Å². The van der Waals surface area contributed by atoms with Gasteiger partial charge >= 0.3 is 29.7 Å². The van der Waals surface area contributed by atoms with E-state index in [0.29, 0.717) is 23.2 Å². The van der Waals surface area contributed by atoms with Crippen molar-refractivity contribution in [3.63, 3.8) is 0 Å². The number of carbonyl (C=O) groups is 4. The lowest BCUT2D eigenvalue weighted by atomic mass is 9.72. The van der Waals surface area contributed by atoms with Crippen LogP contribution >= 0.6 is 0 Å². The zero-order valence-electron chi connectivity index (χ0n) is 28.4. The monoisotopic (exact) mass is 672 g/mol. The lowest BCUT2D eigenvalue weighted by molar-refractivity contribution is -0.240. The number of carboxylic acids is 1. The van der Waals surface area contributed by atoms with Crippen LogP contribution in [0.4, 0.5) is 0 Å². The molecule has 0 radical (unpaired) electrons. The predicted octanol–water partition coefficient (Wildman–Crippen LogP) is 6.06. The molecule has 2 atom stereocenters. The summed E-state index contributed by atoms with van der Waals surface area (Å²) >= 11 is 0. The van der Waals surface area contributed by atoms with Crippen LogP contribution in [0.15, 0.2) is 60.7 Å². The molecular formula is C34H48O10Si2. The van der Waals surface area contributed by atoms with Crippen LogP contribution in [0.1, 0.15) is 38.0 Å². The topological polar surface area (TPSA) is 135 Å². The quantitative estimate of drug-likeness (QED) is 0.116. The summed E-state index contributed by atoms with van der Waals surface area (Å²) in [6, 6.07) is 19.0. The molecule has 1 heterocycles. The maximum absolute atomic E-state index is 14.5. The van der Waals surface area contributed by atoms with Gasteiger partial charge in [0.1, 0.15) is 0 Å². The Morgan fingerprint density at radius 3 is 1.52 bits per heavy atom. The third-order valence-corrected chi connectivity index (χ3v) is 11.1. The number of carbonyl (C=O) groups excluding carboxylic acids is 3. The zero-order valence-corrected chi connectivity index (χ0v) is 30.4. The lowest BCUT2D eigenvalue weighted by Crippen LogP contribution is -2.61. The van der Waals surface area contributed by atoms with E-state index in [1.54, 1.807) is 69.3 Å². The van der Waals surface area contributed by atoms with E-state index in [1.807, 2.05) is 12.1 Å². The molecule has 0 amide bonds. The van der Waals surface area contributed by atoms with E-state index < -0.39 is 69.0 Å². The Morgan fingerprint density at radius 1 is 0.761 bits per heavy atom. The van der Waals surface area contributed by atoms with E-state index in [1.165, 1.54) is 0 Å². The first kappa shape index (κ1) is 37.1. The van der Waals surface area contributed by atoms with Gasteiger partial charge < -0.3 is 28.8 Å². The average Bonchev–Trinajstić information content (AvgIpc) is 3.35. The maximum atomic E-state index is 14.5. The molecule has 0 aliphatic carbocycles. The number of ether oxygens (including phenoxy) is 5. The van der Waals surface area contributed by atoms with Gasteiger partial charge in [-0.1, -0.05) is 121 Å². The molecule has 10 nitrogen and oxygen atoms in total. The highest BCUT2D eigenvalue weighted by Gasteiger charge is 2.76.